The SMILES string of the molecule is O=C(O)C1=CN(c2ccc(F)cc2F)c2nc(Cl)c(F)cc2C1. The molecule has 1 aliphatic rings. The molecule has 8 heteroatoms. The number of fused-ring (bicyclic) bond motifs is 1. The van der Waals surface area contributed by atoms with Crippen molar-refractivity contribution in [1.82, 2.24) is 4.98 Å². The van der Waals surface area contributed by atoms with Crippen LogP contribution < -0.4 is 4.90 Å². The molecule has 0 aliphatic carbocycles. The Bertz CT molecular complexity index is 855. The zero-order valence-corrected chi connectivity index (χ0v) is 12.1. The second-order valence-electron chi connectivity index (χ2n) is 4.85. The third kappa shape index (κ3) is 2.75. The number of carboxylic acid groups (broad SMARTS) is 1. The Morgan fingerprint density at radius 2 is 1.96 bits per heavy atom. The molecule has 1 N–H and O–H groups in total. The Kier molecular flexibility index (Phi) is 3.73. The van der Waals surface area contributed by atoms with Gasteiger partial charge in [-0.25, -0.2) is 22.9 Å². The number of pyridine rings is 1. The molecule has 2 aromatic rings. The van der Waals surface area contributed by atoms with Gasteiger partial charge in [0.2, 0.25) is 0 Å². The fourth-order valence-electron chi connectivity index (χ4n) is 2.29. The van der Waals surface area contributed by atoms with Gasteiger partial charge in [0, 0.05) is 24.3 Å². The molecule has 4 nitrogen and oxygen atoms in total. The Balaban J connectivity index is 2.22. The lowest BCUT2D eigenvalue weighted by Crippen LogP contribution is -2.23. The molecule has 118 valence electrons. The quantitative estimate of drug-likeness (QED) is 0.845. The molecule has 23 heavy (non-hydrogen) atoms. The van der Waals surface area contributed by atoms with E-state index in [0.717, 1.165) is 29.3 Å². The summed E-state index contributed by atoms with van der Waals surface area (Å²) in [6.45, 7) is 0. The monoisotopic (exact) mass is 340 g/mol. The van der Waals surface area contributed by atoms with Crippen molar-refractivity contribution in [3.8, 4) is 0 Å². The number of hydrogen-bond donors (Lipinski definition) is 1. The molecule has 0 spiro atoms. The third-order valence-corrected chi connectivity index (χ3v) is 3.59. The van der Waals surface area contributed by atoms with Crippen molar-refractivity contribution >= 4 is 29.1 Å². The zero-order valence-electron chi connectivity index (χ0n) is 11.4. The average Bonchev–Trinajstić information content (AvgIpc) is 2.48. The highest BCUT2D eigenvalue weighted by molar-refractivity contribution is 6.29. The van der Waals surface area contributed by atoms with Crippen LogP contribution in [0.2, 0.25) is 5.15 Å². The number of rotatable bonds is 2. The molecule has 0 bridgehead atoms. The normalized spacial score (nSPS) is 13.6. The molecule has 0 atom stereocenters. The van der Waals surface area contributed by atoms with Crippen molar-refractivity contribution in [2.24, 2.45) is 0 Å². The second kappa shape index (κ2) is 5.58. The molecular formula is C15H8ClF3N2O2. The van der Waals surface area contributed by atoms with Gasteiger partial charge in [-0.2, -0.15) is 0 Å². The van der Waals surface area contributed by atoms with Crippen LogP contribution in [0.25, 0.3) is 0 Å². The first-order chi connectivity index (χ1) is 10.9. The van der Waals surface area contributed by atoms with Gasteiger partial charge < -0.3 is 5.11 Å². The van der Waals surface area contributed by atoms with Crippen molar-refractivity contribution in [3.05, 3.63) is 64.2 Å². The minimum atomic E-state index is -1.24. The van der Waals surface area contributed by atoms with E-state index in [9.17, 15) is 23.1 Å². The molecule has 1 aromatic carbocycles. The van der Waals surface area contributed by atoms with Crippen LogP contribution in [0.1, 0.15) is 5.56 Å². The maximum absolute atomic E-state index is 14.0. The molecule has 0 saturated carbocycles. The van der Waals surface area contributed by atoms with Crippen LogP contribution in [0, 0.1) is 17.5 Å². The first kappa shape index (κ1) is 15.4. The number of halogens is 4. The van der Waals surface area contributed by atoms with E-state index in [1.165, 1.54) is 0 Å². The lowest BCUT2D eigenvalue weighted by molar-refractivity contribution is -0.132. The van der Waals surface area contributed by atoms with Gasteiger partial charge in [0.1, 0.15) is 17.5 Å². The van der Waals surface area contributed by atoms with Crippen molar-refractivity contribution in [2.75, 3.05) is 4.90 Å². The van der Waals surface area contributed by atoms with Crippen LogP contribution in [-0.4, -0.2) is 16.1 Å². The van der Waals surface area contributed by atoms with Crippen LogP contribution in [0.4, 0.5) is 24.7 Å². The van der Waals surface area contributed by atoms with E-state index in [4.69, 9.17) is 11.6 Å². The lowest BCUT2D eigenvalue weighted by Gasteiger charge is -2.27. The van der Waals surface area contributed by atoms with Crippen molar-refractivity contribution < 1.29 is 23.1 Å². The predicted octanol–water partition coefficient (Wildman–Crippen LogP) is 3.82. The fourth-order valence-corrected chi connectivity index (χ4v) is 2.43. The molecule has 1 aliphatic heterocycles. The molecule has 0 saturated heterocycles. The van der Waals surface area contributed by atoms with E-state index in [-0.39, 0.29) is 29.1 Å². The third-order valence-electron chi connectivity index (χ3n) is 3.33. The van der Waals surface area contributed by atoms with Crippen molar-refractivity contribution in [3.63, 3.8) is 0 Å². The van der Waals surface area contributed by atoms with Crippen molar-refractivity contribution in [1.29, 1.82) is 0 Å². The van der Waals surface area contributed by atoms with Crippen molar-refractivity contribution in [2.45, 2.75) is 6.42 Å². The van der Waals surface area contributed by atoms with Gasteiger partial charge in [0.05, 0.1) is 11.3 Å². The molecule has 0 radical (unpaired) electrons. The molecule has 0 fully saturated rings. The average molecular weight is 341 g/mol. The smallest absolute Gasteiger partial charge is 0.333 e. The number of aromatic nitrogens is 1. The summed E-state index contributed by atoms with van der Waals surface area (Å²) >= 11 is 5.66. The number of benzene rings is 1. The van der Waals surface area contributed by atoms with Crippen LogP contribution in [0.15, 0.2) is 36.0 Å². The van der Waals surface area contributed by atoms with E-state index in [2.05, 4.69) is 4.98 Å². The van der Waals surface area contributed by atoms with E-state index >= 15 is 0 Å². The Hall–Kier alpha value is -2.54. The molecule has 0 amide bonds. The minimum absolute atomic E-state index is 0.0897. The van der Waals surface area contributed by atoms with E-state index in [1.54, 1.807) is 0 Å². The van der Waals surface area contributed by atoms with Gasteiger partial charge in [0.25, 0.3) is 0 Å². The Labute approximate surface area is 133 Å². The summed E-state index contributed by atoms with van der Waals surface area (Å²) in [5.74, 6) is -3.65. The van der Waals surface area contributed by atoms with E-state index < -0.39 is 28.6 Å². The molecular weight excluding hydrogens is 333 g/mol. The first-order valence-electron chi connectivity index (χ1n) is 6.40. The highest BCUT2D eigenvalue weighted by Crippen LogP contribution is 2.36. The van der Waals surface area contributed by atoms with Gasteiger partial charge in [-0.1, -0.05) is 11.6 Å². The number of anilines is 2. The first-order valence-corrected chi connectivity index (χ1v) is 6.78. The fraction of sp³-hybridized carbons (Fsp3) is 0.0667. The number of nitrogens with zero attached hydrogens (tertiary/aromatic N) is 2. The molecule has 1 aromatic heterocycles. The van der Waals surface area contributed by atoms with Crippen LogP contribution >= 0.6 is 11.6 Å². The second-order valence-corrected chi connectivity index (χ2v) is 5.20. The summed E-state index contributed by atoms with van der Waals surface area (Å²) < 4.78 is 40.7. The van der Waals surface area contributed by atoms with Gasteiger partial charge in [-0.05, 0) is 18.2 Å². The highest BCUT2D eigenvalue weighted by atomic mass is 35.5. The summed E-state index contributed by atoms with van der Waals surface area (Å²) in [5, 5.41) is 8.75. The Morgan fingerprint density at radius 1 is 1.22 bits per heavy atom. The molecule has 0 unspecified atom stereocenters. The molecule has 2 heterocycles. The maximum atomic E-state index is 14.0. The van der Waals surface area contributed by atoms with Gasteiger partial charge in [-0.15, -0.1) is 0 Å². The van der Waals surface area contributed by atoms with E-state index in [0.29, 0.717) is 6.07 Å². The summed E-state index contributed by atoms with van der Waals surface area (Å²) in [7, 11) is 0. The van der Waals surface area contributed by atoms with Gasteiger partial charge in [-0.3, -0.25) is 4.90 Å². The predicted molar refractivity (Wildman–Crippen MR) is 77.1 cm³/mol. The van der Waals surface area contributed by atoms with Gasteiger partial charge >= 0.3 is 5.97 Å². The summed E-state index contributed by atoms with van der Waals surface area (Å²) in [6.07, 6.45) is 1.06. The minimum Gasteiger partial charge on any atom is -0.478 e. The number of carboxylic acids is 1. The summed E-state index contributed by atoms with van der Waals surface area (Å²) in [5.41, 5.74) is 0.0153. The zero-order chi connectivity index (χ0) is 16.7. The van der Waals surface area contributed by atoms with Crippen LogP contribution in [0.3, 0.4) is 0 Å². The van der Waals surface area contributed by atoms with E-state index in [1.807, 2.05) is 0 Å². The van der Waals surface area contributed by atoms with Crippen LogP contribution in [0.5, 0.6) is 0 Å². The Morgan fingerprint density at radius 3 is 2.61 bits per heavy atom. The number of carbonyl (C=O) groups is 1. The highest BCUT2D eigenvalue weighted by Gasteiger charge is 2.27. The summed E-state index contributed by atoms with van der Waals surface area (Å²) in [4.78, 5) is 16.2. The maximum Gasteiger partial charge on any atom is 0.333 e. The van der Waals surface area contributed by atoms with Crippen LogP contribution in [-0.2, 0) is 11.2 Å². The largest absolute Gasteiger partial charge is 0.478 e. The number of aliphatic carboxylic acids is 1. The number of hydrogen-bond acceptors (Lipinski definition) is 3. The lowest BCUT2D eigenvalue weighted by atomic mass is 10.0. The standard InChI is InChI=1S/C15H8ClF3N2O2/c16-13-11(19)4-7-3-8(15(22)23)6-21(14(7)20-13)12-2-1-9(17)5-10(12)18/h1-2,4-6H,3H2,(H,22,23). The topological polar surface area (TPSA) is 53.4 Å². The summed E-state index contributed by atoms with van der Waals surface area (Å²) in [6, 6.07) is 3.86. The van der Waals surface area contributed by atoms with Gasteiger partial charge in [0.15, 0.2) is 11.0 Å². The molecule has 3 rings (SSSR count).